The maximum atomic E-state index is 5.76. The fourth-order valence-corrected chi connectivity index (χ4v) is 3.59. The number of hydrogen-bond donors (Lipinski definition) is 0. The van der Waals surface area contributed by atoms with Gasteiger partial charge in [0.15, 0.2) is 0 Å². The van der Waals surface area contributed by atoms with Gasteiger partial charge in [-0.25, -0.2) is 0 Å². The van der Waals surface area contributed by atoms with Gasteiger partial charge in [-0.1, -0.05) is 45.3 Å². The molecule has 0 saturated heterocycles. The summed E-state index contributed by atoms with van der Waals surface area (Å²) >= 11 is 1.90. The highest BCUT2D eigenvalue weighted by Crippen LogP contribution is 2.30. The van der Waals surface area contributed by atoms with Crippen LogP contribution in [0.3, 0.4) is 0 Å². The van der Waals surface area contributed by atoms with Gasteiger partial charge in [-0.2, -0.15) is 0 Å². The van der Waals surface area contributed by atoms with Crippen LogP contribution in [0.1, 0.15) is 50.8 Å². The Morgan fingerprint density at radius 2 is 1.74 bits per heavy atom. The normalized spacial score (nSPS) is 11.2. The first kappa shape index (κ1) is 17.8. The molecular formula is C21H28OS. The predicted molar refractivity (Wildman–Crippen MR) is 103 cm³/mol. The number of ether oxygens (including phenoxy) is 1. The van der Waals surface area contributed by atoms with Crippen molar-refractivity contribution in [3.8, 4) is 16.2 Å². The number of unbranched alkanes of at least 4 members (excludes halogenated alkanes) is 3. The van der Waals surface area contributed by atoms with E-state index >= 15 is 0 Å². The second-order valence-corrected chi connectivity index (χ2v) is 6.99. The summed E-state index contributed by atoms with van der Waals surface area (Å²) < 4.78 is 5.76. The minimum atomic E-state index is 0.658. The van der Waals surface area contributed by atoms with Gasteiger partial charge in [0.05, 0.1) is 0 Å². The highest BCUT2D eigenvalue weighted by Gasteiger charge is 2.03. The molecule has 23 heavy (non-hydrogen) atoms. The van der Waals surface area contributed by atoms with E-state index in [1.165, 1.54) is 47.4 Å². The van der Waals surface area contributed by atoms with Crippen LogP contribution >= 0.6 is 11.3 Å². The van der Waals surface area contributed by atoms with E-state index in [2.05, 4.69) is 62.4 Å². The zero-order valence-corrected chi connectivity index (χ0v) is 15.2. The molecule has 1 aromatic carbocycles. The van der Waals surface area contributed by atoms with E-state index in [1.807, 2.05) is 11.3 Å². The van der Waals surface area contributed by atoms with Crippen LogP contribution in [0.15, 0.2) is 48.6 Å². The molecule has 1 heterocycles. The Bertz CT molecular complexity index is 580. The summed E-state index contributed by atoms with van der Waals surface area (Å²) in [6, 6.07) is 12.9. The van der Waals surface area contributed by atoms with E-state index in [1.54, 1.807) is 0 Å². The lowest BCUT2D eigenvalue weighted by Crippen LogP contribution is -1.92. The number of thiophene rings is 1. The van der Waals surface area contributed by atoms with Crippen LogP contribution in [0.25, 0.3) is 10.4 Å². The Hall–Kier alpha value is -1.54. The highest BCUT2D eigenvalue weighted by atomic mass is 32.1. The summed E-state index contributed by atoms with van der Waals surface area (Å²) in [4.78, 5) is 2.81. The topological polar surface area (TPSA) is 9.23 Å². The SMILES string of the molecule is CCCCC/C=C/COc1ccc(-c2ccc(CCC)s2)cc1. The number of rotatable bonds is 10. The van der Waals surface area contributed by atoms with Crippen molar-refractivity contribution in [1.29, 1.82) is 0 Å². The molecule has 0 amide bonds. The van der Waals surface area contributed by atoms with E-state index in [0.717, 1.165) is 12.2 Å². The van der Waals surface area contributed by atoms with Crippen molar-refractivity contribution in [2.75, 3.05) is 6.61 Å². The first-order chi connectivity index (χ1) is 11.3. The summed E-state index contributed by atoms with van der Waals surface area (Å²) in [6.45, 7) is 5.12. The van der Waals surface area contributed by atoms with Crippen molar-refractivity contribution in [3.63, 3.8) is 0 Å². The van der Waals surface area contributed by atoms with Crippen LogP contribution in [0.4, 0.5) is 0 Å². The molecule has 0 bridgehead atoms. The standard InChI is InChI=1S/C21H28OS/c1-3-5-6-7-8-9-17-22-19-13-11-18(12-14-19)21-16-15-20(23-21)10-4-2/h8-9,11-16H,3-7,10,17H2,1-2H3/b9-8+. The Morgan fingerprint density at radius 3 is 2.48 bits per heavy atom. The van der Waals surface area contributed by atoms with Crippen LogP contribution < -0.4 is 4.74 Å². The van der Waals surface area contributed by atoms with Crippen LogP contribution in [0.5, 0.6) is 5.75 Å². The quantitative estimate of drug-likeness (QED) is 0.341. The molecule has 0 unspecified atom stereocenters. The summed E-state index contributed by atoms with van der Waals surface area (Å²) in [6.07, 6.45) is 11.8. The monoisotopic (exact) mass is 328 g/mol. The van der Waals surface area contributed by atoms with E-state index in [-0.39, 0.29) is 0 Å². The molecule has 0 saturated carbocycles. The van der Waals surface area contributed by atoms with Gasteiger partial charge >= 0.3 is 0 Å². The zero-order chi connectivity index (χ0) is 16.3. The van der Waals surface area contributed by atoms with Crippen LogP contribution in [0.2, 0.25) is 0 Å². The Morgan fingerprint density at radius 1 is 0.913 bits per heavy atom. The van der Waals surface area contributed by atoms with E-state index < -0.39 is 0 Å². The van der Waals surface area contributed by atoms with Gasteiger partial charge in [-0.3, -0.25) is 0 Å². The van der Waals surface area contributed by atoms with Crippen molar-refractivity contribution in [3.05, 3.63) is 53.4 Å². The molecule has 2 heteroatoms. The molecule has 0 N–H and O–H groups in total. The van der Waals surface area contributed by atoms with Crippen LogP contribution in [-0.2, 0) is 6.42 Å². The molecule has 0 aliphatic rings. The van der Waals surface area contributed by atoms with Gasteiger partial charge < -0.3 is 4.74 Å². The summed E-state index contributed by atoms with van der Waals surface area (Å²) in [5.74, 6) is 0.942. The molecule has 0 fully saturated rings. The lowest BCUT2D eigenvalue weighted by atomic mass is 10.2. The summed E-state index contributed by atoms with van der Waals surface area (Å²) in [7, 11) is 0. The molecule has 2 rings (SSSR count). The smallest absolute Gasteiger partial charge is 0.119 e. The average Bonchev–Trinajstić information content (AvgIpc) is 3.04. The first-order valence-corrected chi connectivity index (χ1v) is 9.62. The van der Waals surface area contributed by atoms with Gasteiger partial charge in [0.2, 0.25) is 0 Å². The number of aryl methyl sites for hydroxylation is 1. The van der Waals surface area contributed by atoms with Crippen molar-refractivity contribution < 1.29 is 4.74 Å². The van der Waals surface area contributed by atoms with E-state index in [4.69, 9.17) is 4.74 Å². The third-order valence-corrected chi connectivity index (χ3v) is 4.98. The number of hydrogen-bond acceptors (Lipinski definition) is 2. The number of benzene rings is 1. The van der Waals surface area contributed by atoms with Crippen LogP contribution in [0, 0.1) is 0 Å². The Labute approximate surface area is 145 Å². The third kappa shape index (κ3) is 6.23. The molecule has 124 valence electrons. The lowest BCUT2D eigenvalue weighted by Gasteiger charge is -2.04. The van der Waals surface area contributed by atoms with Gasteiger partial charge in [-0.05, 0) is 61.2 Å². The zero-order valence-electron chi connectivity index (χ0n) is 14.4. The molecular weight excluding hydrogens is 300 g/mol. The highest BCUT2D eigenvalue weighted by molar-refractivity contribution is 7.15. The van der Waals surface area contributed by atoms with E-state index in [0.29, 0.717) is 6.61 Å². The van der Waals surface area contributed by atoms with Crippen molar-refractivity contribution in [2.45, 2.75) is 52.4 Å². The molecule has 0 atom stereocenters. The molecule has 0 radical (unpaired) electrons. The Kier molecular flexibility index (Phi) is 7.96. The molecule has 2 aromatic rings. The van der Waals surface area contributed by atoms with Crippen molar-refractivity contribution in [2.24, 2.45) is 0 Å². The molecule has 0 spiro atoms. The predicted octanol–water partition coefficient (Wildman–Crippen LogP) is 6.88. The second kappa shape index (κ2) is 10.3. The van der Waals surface area contributed by atoms with Crippen molar-refractivity contribution >= 4 is 11.3 Å². The third-order valence-electron chi connectivity index (χ3n) is 3.78. The van der Waals surface area contributed by atoms with Crippen LogP contribution in [-0.4, -0.2) is 6.61 Å². The van der Waals surface area contributed by atoms with Gasteiger partial charge in [0.1, 0.15) is 12.4 Å². The second-order valence-electron chi connectivity index (χ2n) is 5.82. The van der Waals surface area contributed by atoms with Crippen molar-refractivity contribution in [1.82, 2.24) is 0 Å². The maximum Gasteiger partial charge on any atom is 0.119 e. The fraction of sp³-hybridized carbons (Fsp3) is 0.429. The number of allylic oxidation sites excluding steroid dienone is 1. The fourth-order valence-electron chi connectivity index (χ4n) is 2.47. The lowest BCUT2D eigenvalue weighted by molar-refractivity contribution is 0.362. The Balaban J connectivity index is 1.79. The minimum absolute atomic E-state index is 0.658. The largest absolute Gasteiger partial charge is 0.490 e. The van der Waals surface area contributed by atoms with Gasteiger partial charge in [0.25, 0.3) is 0 Å². The van der Waals surface area contributed by atoms with Gasteiger partial charge in [0, 0.05) is 9.75 Å². The maximum absolute atomic E-state index is 5.76. The first-order valence-electron chi connectivity index (χ1n) is 8.80. The molecule has 1 nitrogen and oxygen atoms in total. The van der Waals surface area contributed by atoms with E-state index in [9.17, 15) is 0 Å². The molecule has 0 aliphatic carbocycles. The average molecular weight is 329 g/mol. The molecule has 0 aliphatic heterocycles. The minimum Gasteiger partial charge on any atom is -0.490 e. The summed E-state index contributed by atoms with van der Waals surface area (Å²) in [5.41, 5.74) is 1.28. The molecule has 1 aromatic heterocycles. The van der Waals surface area contributed by atoms with Gasteiger partial charge in [-0.15, -0.1) is 11.3 Å². The summed E-state index contributed by atoms with van der Waals surface area (Å²) in [5, 5.41) is 0.